The van der Waals surface area contributed by atoms with Crippen LogP contribution in [-0.4, -0.2) is 36.9 Å². The van der Waals surface area contributed by atoms with Gasteiger partial charge in [-0.25, -0.2) is 0 Å². The van der Waals surface area contributed by atoms with Crippen molar-refractivity contribution in [2.24, 2.45) is 0 Å². The number of hydrogen-bond acceptors (Lipinski definition) is 5. The molecule has 1 aliphatic rings. The topological polar surface area (TPSA) is 101 Å². The number of aromatic amines is 1. The molecule has 2 heterocycles. The molecule has 7 heteroatoms. The van der Waals surface area contributed by atoms with Crippen molar-refractivity contribution in [1.82, 2.24) is 10.3 Å². The molecule has 3 rings (SSSR count). The third kappa shape index (κ3) is 3.71. The van der Waals surface area contributed by atoms with Gasteiger partial charge in [0.25, 0.3) is 11.5 Å². The maximum Gasteiger partial charge on any atom is 0.261 e. The van der Waals surface area contributed by atoms with Crippen molar-refractivity contribution in [3.63, 3.8) is 0 Å². The summed E-state index contributed by atoms with van der Waals surface area (Å²) in [6, 6.07) is 5.00. The van der Waals surface area contributed by atoms with Crippen LogP contribution in [0.4, 0.5) is 0 Å². The van der Waals surface area contributed by atoms with Gasteiger partial charge in [-0.15, -0.1) is 0 Å². The molecule has 2 aromatic heterocycles. The van der Waals surface area contributed by atoms with Crippen LogP contribution < -0.4 is 10.9 Å². The molecule has 0 bridgehead atoms. The summed E-state index contributed by atoms with van der Waals surface area (Å²) in [6.45, 7) is 0.922. The van der Waals surface area contributed by atoms with Crippen LogP contribution >= 0.6 is 0 Å². The summed E-state index contributed by atoms with van der Waals surface area (Å²) in [5.41, 5.74) is 0.430. The van der Waals surface area contributed by atoms with Gasteiger partial charge >= 0.3 is 0 Å². The Morgan fingerprint density at radius 1 is 1.40 bits per heavy atom. The first-order valence-corrected chi connectivity index (χ1v) is 8.20. The van der Waals surface area contributed by atoms with E-state index in [0.717, 1.165) is 5.76 Å². The lowest BCUT2D eigenvalue weighted by molar-refractivity contribution is 0.0947. The molecule has 1 amide bonds. The van der Waals surface area contributed by atoms with E-state index in [2.05, 4.69) is 10.3 Å². The Balaban J connectivity index is 1.80. The summed E-state index contributed by atoms with van der Waals surface area (Å²) >= 11 is 0. The Labute approximate surface area is 144 Å². The molecule has 2 N–H and O–H groups in total. The molecule has 1 atom stereocenters. The van der Waals surface area contributed by atoms with E-state index in [-0.39, 0.29) is 17.3 Å². The second kappa shape index (κ2) is 7.48. The van der Waals surface area contributed by atoms with Crippen LogP contribution in [-0.2, 0) is 11.2 Å². The number of fused-ring (bicyclic) bond motifs is 1. The minimum absolute atomic E-state index is 0.0408. The highest BCUT2D eigenvalue weighted by Crippen LogP contribution is 2.31. The SMILES string of the molecule is COCCCNC(=O)c1cc2c([nH]c1=O)C[C@H](c1ccco1)CC2=O. The number of aromatic nitrogens is 1. The van der Waals surface area contributed by atoms with Gasteiger partial charge in [-0.2, -0.15) is 0 Å². The lowest BCUT2D eigenvalue weighted by atomic mass is 9.84. The average molecular weight is 344 g/mol. The molecular weight excluding hydrogens is 324 g/mol. The zero-order valence-electron chi connectivity index (χ0n) is 14.0. The van der Waals surface area contributed by atoms with Gasteiger partial charge < -0.3 is 19.5 Å². The third-order valence-corrected chi connectivity index (χ3v) is 4.31. The first-order valence-electron chi connectivity index (χ1n) is 8.20. The molecule has 25 heavy (non-hydrogen) atoms. The lowest BCUT2D eigenvalue weighted by Gasteiger charge is -2.22. The van der Waals surface area contributed by atoms with E-state index in [1.165, 1.54) is 6.07 Å². The van der Waals surface area contributed by atoms with E-state index in [1.807, 2.05) is 6.07 Å². The number of methoxy groups -OCH3 is 1. The molecule has 7 nitrogen and oxygen atoms in total. The Kier molecular flexibility index (Phi) is 5.14. The third-order valence-electron chi connectivity index (χ3n) is 4.31. The summed E-state index contributed by atoms with van der Waals surface area (Å²) in [5, 5.41) is 2.66. The van der Waals surface area contributed by atoms with E-state index < -0.39 is 11.5 Å². The van der Waals surface area contributed by atoms with Crippen molar-refractivity contribution in [3.05, 3.63) is 57.4 Å². The minimum atomic E-state index is -0.490. The molecule has 0 spiro atoms. The van der Waals surface area contributed by atoms with Crippen molar-refractivity contribution in [2.75, 3.05) is 20.3 Å². The van der Waals surface area contributed by atoms with E-state index >= 15 is 0 Å². The number of rotatable bonds is 6. The molecular formula is C18H20N2O5. The molecule has 0 aromatic carbocycles. The van der Waals surface area contributed by atoms with Gasteiger partial charge in [0.2, 0.25) is 0 Å². The van der Waals surface area contributed by atoms with Gasteiger partial charge in [-0.3, -0.25) is 14.4 Å². The monoisotopic (exact) mass is 344 g/mol. The highest BCUT2D eigenvalue weighted by Gasteiger charge is 2.30. The van der Waals surface area contributed by atoms with Gasteiger partial charge in [-0.05, 0) is 31.0 Å². The predicted octanol–water partition coefficient (Wildman–Crippen LogP) is 1.65. The largest absolute Gasteiger partial charge is 0.469 e. The fourth-order valence-electron chi connectivity index (χ4n) is 3.04. The number of amides is 1. The van der Waals surface area contributed by atoms with Gasteiger partial charge in [-0.1, -0.05) is 0 Å². The van der Waals surface area contributed by atoms with Crippen LogP contribution in [0.2, 0.25) is 0 Å². The number of hydrogen-bond donors (Lipinski definition) is 2. The van der Waals surface area contributed by atoms with Crippen molar-refractivity contribution in [3.8, 4) is 0 Å². The molecule has 132 valence electrons. The van der Waals surface area contributed by atoms with Crippen LogP contribution in [0.3, 0.4) is 0 Å². The van der Waals surface area contributed by atoms with E-state index in [4.69, 9.17) is 9.15 Å². The first kappa shape index (κ1) is 17.2. The Bertz CT molecular complexity index is 822. The number of H-pyrrole nitrogens is 1. The maximum absolute atomic E-state index is 12.5. The number of ether oxygens (including phenoxy) is 1. The van der Waals surface area contributed by atoms with Crippen LogP contribution in [0.1, 0.15) is 50.9 Å². The van der Waals surface area contributed by atoms with Crippen LogP contribution in [0.15, 0.2) is 33.7 Å². The van der Waals surface area contributed by atoms with Crippen molar-refractivity contribution in [2.45, 2.75) is 25.2 Å². The van der Waals surface area contributed by atoms with Gasteiger partial charge in [0, 0.05) is 43.9 Å². The van der Waals surface area contributed by atoms with Gasteiger partial charge in [0.1, 0.15) is 11.3 Å². The molecule has 0 fully saturated rings. The van der Waals surface area contributed by atoms with Crippen molar-refractivity contribution >= 4 is 11.7 Å². The highest BCUT2D eigenvalue weighted by atomic mass is 16.5. The van der Waals surface area contributed by atoms with E-state index in [0.29, 0.717) is 43.7 Å². The Morgan fingerprint density at radius 2 is 2.24 bits per heavy atom. The molecule has 0 unspecified atom stereocenters. The molecule has 1 aliphatic carbocycles. The summed E-state index contributed by atoms with van der Waals surface area (Å²) in [6.07, 6.45) is 3.00. The zero-order chi connectivity index (χ0) is 17.8. The second-order valence-corrected chi connectivity index (χ2v) is 6.05. The number of furan rings is 1. The Hall–Kier alpha value is -2.67. The maximum atomic E-state index is 12.5. The van der Waals surface area contributed by atoms with Crippen LogP contribution in [0.25, 0.3) is 0 Å². The van der Waals surface area contributed by atoms with Crippen molar-refractivity contribution in [1.29, 1.82) is 0 Å². The average Bonchev–Trinajstić information content (AvgIpc) is 3.12. The zero-order valence-corrected chi connectivity index (χ0v) is 14.0. The molecule has 0 saturated carbocycles. The number of carbonyl (C=O) groups excluding carboxylic acids is 2. The second-order valence-electron chi connectivity index (χ2n) is 6.05. The fourth-order valence-corrected chi connectivity index (χ4v) is 3.04. The van der Waals surface area contributed by atoms with Gasteiger partial charge in [0.15, 0.2) is 5.78 Å². The van der Waals surface area contributed by atoms with E-state index in [1.54, 1.807) is 19.4 Å². The van der Waals surface area contributed by atoms with Crippen molar-refractivity contribution < 1.29 is 18.7 Å². The van der Waals surface area contributed by atoms with Crippen LogP contribution in [0, 0.1) is 0 Å². The smallest absolute Gasteiger partial charge is 0.261 e. The molecule has 0 aliphatic heterocycles. The summed E-state index contributed by atoms with van der Waals surface area (Å²) in [4.78, 5) is 39.6. The number of Topliss-reactive ketones (excluding diaryl/α,β-unsaturated/α-hetero) is 1. The van der Waals surface area contributed by atoms with E-state index in [9.17, 15) is 14.4 Å². The number of ketones is 1. The summed E-state index contributed by atoms with van der Waals surface area (Å²) < 4.78 is 10.3. The quantitative estimate of drug-likeness (QED) is 0.776. The fraction of sp³-hybridized carbons (Fsp3) is 0.389. The number of carbonyl (C=O) groups is 2. The molecule has 2 aromatic rings. The molecule has 0 radical (unpaired) electrons. The predicted molar refractivity (Wildman–Crippen MR) is 90.0 cm³/mol. The standard InChI is InChI=1S/C18H20N2O5/c1-24-6-3-5-19-17(22)13-10-12-14(20-18(13)23)8-11(9-15(12)21)16-4-2-7-25-16/h2,4,7,10-11H,3,5-6,8-9H2,1H3,(H,19,22)(H,20,23)/t11-/m0/s1. The van der Waals surface area contributed by atoms with Gasteiger partial charge in [0.05, 0.1) is 6.26 Å². The summed E-state index contributed by atoms with van der Waals surface area (Å²) in [5.74, 6) is 0.0348. The number of nitrogens with one attached hydrogen (secondary N) is 2. The molecule has 0 saturated heterocycles. The summed E-state index contributed by atoms with van der Waals surface area (Å²) in [7, 11) is 1.58. The van der Waals surface area contributed by atoms with Crippen LogP contribution in [0.5, 0.6) is 0 Å². The highest BCUT2D eigenvalue weighted by molar-refractivity contribution is 6.02. The normalized spacial score (nSPS) is 16.5. The Morgan fingerprint density at radius 3 is 2.96 bits per heavy atom. The lowest BCUT2D eigenvalue weighted by Crippen LogP contribution is -2.33. The number of pyridine rings is 1. The minimum Gasteiger partial charge on any atom is -0.469 e. The first-order chi connectivity index (χ1) is 12.1.